The van der Waals surface area contributed by atoms with Gasteiger partial charge in [-0.3, -0.25) is 4.79 Å². The Hall–Kier alpha value is -1.82. The predicted molar refractivity (Wildman–Crippen MR) is 82.4 cm³/mol. The normalized spacial score (nSPS) is 10.8. The molecule has 2 rings (SSSR count). The van der Waals surface area contributed by atoms with Gasteiger partial charge < -0.3 is 5.11 Å². The van der Waals surface area contributed by atoms with E-state index in [1.807, 2.05) is 0 Å². The van der Waals surface area contributed by atoms with Crippen molar-refractivity contribution in [3.8, 4) is 5.75 Å². The van der Waals surface area contributed by atoms with E-state index < -0.39 is 5.91 Å². The number of carbonyl (C=O) groups excluding carboxylic acids is 1. The van der Waals surface area contributed by atoms with Crippen LogP contribution >= 0.6 is 34.8 Å². The largest absolute Gasteiger partial charge is 0.505 e. The minimum absolute atomic E-state index is 0.0842. The van der Waals surface area contributed by atoms with Crippen LogP contribution in [0.25, 0.3) is 0 Å². The smallest absolute Gasteiger partial charge is 0.274 e. The van der Waals surface area contributed by atoms with E-state index in [0.29, 0.717) is 5.56 Å². The number of rotatable bonds is 3. The molecule has 108 valence electrons. The van der Waals surface area contributed by atoms with Gasteiger partial charge in [0.05, 0.1) is 21.8 Å². The summed E-state index contributed by atoms with van der Waals surface area (Å²) in [4.78, 5) is 15.6. The number of amides is 1. The second-order valence-corrected chi connectivity index (χ2v) is 5.05. The Kier molecular flexibility index (Phi) is 5.01. The third kappa shape index (κ3) is 3.85. The van der Waals surface area contributed by atoms with E-state index in [1.165, 1.54) is 30.6 Å². The van der Waals surface area contributed by atoms with Gasteiger partial charge in [-0.25, -0.2) is 10.4 Å². The number of hydrazone groups is 1. The van der Waals surface area contributed by atoms with Crippen molar-refractivity contribution in [1.82, 2.24) is 10.4 Å². The van der Waals surface area contributed by atoms with Crippen LogP contribution in [-0.2, 0) is 0 Å². The van der Waals surface area contributed by atoms with Crippen molar-refractivity contribution in [2.75, 3.05) is 0 Å². The van der Waals surface area contributed by atoms with Crippen LogP contribution in [0.5, 0.6) is 5.75 Å². The van der Waals surface area contributed by atoms with E-state index in [-0.39, 0.29) is 26.5 Å². The number of benzene rings is 1. The maximum atomic E-state index is 11.8. The number of carbonyl (C=O) groups is 1. The Labute approximate surface area is 135 Å². The Morgan fingerprint density at radius 3 is 2.57 bits per heavy atom. The van der Waals surface area contributed by atoms with Gasteiger partial charge in [0.15, 0.2) is 5.75 Å². The van der Waals surface area contributed by atoms with Crippen molar-refractivity contribution in [2.45, 2.75) is 0 Å². The zero-order valence-corrected chi connectivity index (χ0v) is 12.6. The highest BCUT2D eigenvalue weighted by molar-refractivity contribution is 6.37. The van der Waals surface area contributed by atoms with Crippen molar-refractivity contribution in [1.29, 1.82) is 0 Å². The number of pyridine rings is 1. The van der Waals surface area contributed by atoms with Crippen molar-refractivity contribution in [3.05, 3.63) is 56.8 Å². The van der Waals surface area contributed by atoms with Crippen LogP contribution in [0.15, 0.2) is 35.6 Å². The summed E-state index contributed by atoms with van der Waals surface area (Å²) in [6, 6.07) is 6.02. The molecule has 2 N–H and O–H groups in total. The summed E-state index contributed by atoms with van der Waals surface area (Å²) < 4.78 is 0. The predicted octanol–water partition coefficient (Wildman–Crippen LogP) is 3.51. The van der Waals surface area contributed by atoms with Gasteiger partial charge in [-0.15, -0.1) is 0 Å². The molecule has 0 radical (unpaired) electrons. The average molecular weight is 345 g/mol. The lowest BCUT2D eigenvalue weighted by molar-refractivity contribution is 0.0955. The number of nitrogens with one attached hydrogen (secondary N) is 1. The molecule has 0 saturated heterocycles. The Morgan fingerprint density at radius 1 is 1.29 bits per heavy atom. The number of phenolic OH excluding ortho intramolecular Hbond substituents is 1. The van der Waals surface area contributed by atoms with Gasteiger partial charge in [-0.05, 0) is 29.8 Å². The Balaban J connectivity index is 2.10. The molecule has 0 aliphatic rings. The Bertz CT molecular complexity index is 697. The summed E-state index contributed by atoms with van der Waals surface area (Å²) >= 11 is 17.3. The van der Waals surface area contributed by atoms with Gasteiger partial charge in [0, 0.05) is 6.20 Å². The van der Waals surface area contributed by atoms with Crippen LogP contribution in [0.3, 0.4) is 0 Å². The average Bonchev–Trinajstić information content (AvgIpc) is 2.45. The maximum Gasteiger partial charge on any atom is 0.274 e. The molecule has 0 aliphatic heterocycles. The first-order valence-corrected chi connectivity index (χ1v) is 6.74. The number of nitrogens with zero attached hydrogens (tertiary/aromatic N) is 2. The van der Waals surface area contributed by atoms with E-state index in [1.54, 1.807) is 6.07 Å². The molecular formula is C13H8Cl3N3O2. The molecule has 1 amide bonds. The molecule has 1 aromatic heterocycles. The number of aromatic nitrogens is 1. The van der Waals surface area contributed by atoms with E-state index in [4.69, 9.17) is 34.8 Å². The minimum atomic E-state index is -0.500. The quantitative estimate of drug-likeness (QED) is 0.508. The second-order valence-electron chi connectivity index (χ2n) is 3.87. The summed E-state index contributed by atoms with van der Waals surface area (Å²) in [6.07, 6.45) is 2.81. The summed E-state index contributed by atoms with van der Waals surface area (Å²) in [5.74, 6) is -0.706. The lowest BCUT2D eigenvalue weighted by atomic mass is 10.2. The van der Waals surface area contributed by atoms with Crippen LogP contribution in [-0.4, -0.2) is 22.2 Å². The second kappa shape index (κ2) is 6.76. The van der Waals surface area contributed by atoms with Crippen LogP contribution in [0.2, 0.25) is 15.2 Å². The number of hydrogen-bond acceptors (Lipinski definition) is 4. The fourth-order valence-corrected chi connectivity index (χ4v) is 2.15. The van der Waals surface area contributed by atoms with Gasteiger partial charge in [-0.1, -0.05) is 34.8 Å². The van der Waals surface area contributed by atoms with Crippen LogP contribution in [0.4, 0.5) is 0 Å². The molecule has 1 aromatic carbocycles. The summed E-state index contributed by atoms with van der Waals surface area (Å²) in [5.41, 5.74) is 3.02. The monoisotopic (exact) mass is 343 g/mol. The third-order valence-corrected chi connectivity index (χ3v) is 3.30. The lowest BCUT2D eigenvalue weighted by Crippen LogP contribution is -2.18. The van der Waals surface area contributed by atoms with Gasteiger partial charge >= 0.3 is 0 Å². The zero-order chi connectivity index (χ0) is 15.4. The summed E-state index contributed by atoms with van der Waals surface area (Å²) in [7, 11) is 0. The summed E-state index contributed by atoms with van der Waals surface area (Å²) in [6.45, 7) is 0. The van der Waals surface area contributed by atoms with E-state index in [2.05, 4.69) is 15.5 Å². The highest BCUT2D eigenvalue weighted by Crippen LogP contribution is 2.32. The van der Waals surface area contributed by atoms with E-state index in [0.717, 1.165) is 0 Å². The number of hydrogen-bond donors (Lipinski definition) is 2. The highest BCUT2D eigenvalue weighted by Gasteiger charge is 2.09. The number of phenols is 1. The first-order valence-electron chi connectivity index (χ1n) is 5.61. The standard InChI is InChI=1S/C13H8Cl3N3O2/c14-9-4-7(5-10(15)11(9)20)6-18-19-13(21)8-2-1-3-17-12(8)16/h1-6,20H,(H,19,21). The minimum Gasteiger partial charge on any atom is -0.505 e. The molecule has 0 aliphatic carbocycles. The molecule has 0 unspecified atom stereocenters. The first-order chi connectivity index (χ1) is 9.99. The topological polar surface area (TPSA) is 74.6 Å². The van der Waals surface area contributed by atoms with Crippen molar-refractivity contribution in [3.63, 3.8) is 0 Å². The molecule has 21 heavy (non-hydrogen) atoms. The van der Waals surface area contributed by atoms with Gasteiger partial charge in [0.25, 0.3) is 5.91 Å². The molecule has 0 spiro atoms. The zero-order valence-electron chi connectivity index (χ0n) is 10.3. The molecule has 0 atom stereocenters. The Morgan fingerprint density at radius 2 is 1.95 bits per heavy atom. The van der Waals surface area contributed by atoms with Crippen LogP contribution < -0.4 is 5.43 Å². The molecule has 1 heterocycles. The van der Waals surface area contributed by atoms with Gasteiger partial charge in [0.2, 0.25) is 0 Å². The van der Waals surface area contributed by atoms with Crippen LogP contribution in [0, 0.1) is 0 Å². The van der Waals surface area contributed by atoms with E-state index >= 15 is 0 Å². The molecule has 0 bridgehead atoms. The number of aromatic hydroxyl groups is 1. The van der Waals surface area contributed by atoms with E-state index in [9.17, 15) is 9.90 Å². The van der Waals surface area contributed by atoms with Gasteiger partial charge in [-0.2, -0.15) is 5.10 Å². The molecule has 0 saturated carbocycles. The van der Waals surface area contributed by atoms with Crippen molar-refractivity contribution < 1.29 is 9.90 Å². The molecule has 8 heteroatoms. The third-order valence-electron chi connectivity index (χ3n) is 2.42. The van der Waals surface area contributed by atoms with Crippen molar-refractivity contribution >= 4 is 46.9 Å². The molecular weight excluding hydrogens is 337 g/mol. The number of halogens is 3. The first kappa shape index (κ1) is 15.6. The maximum absolute atomic E-state index is 11.8. The molecule has 5 nitrogen and oxygen atoms in total. The molecule has 2 aromatic rings. The lowest BCUT2D eigenvalue weighted by Gasteiger charge is -2.02. The van der Waals surface area contributed by atoms with Gasteiger partial charge in [0.1, 0.15) is 5.15 Å². The van der Waals surface area contributed by atoms with Crippen molar-refractivity contribution in [2.24, 2.45) is 5.10 Å². The summed E-state index contributed by atoms with van der Waals surface area (Å²) in [5, 5.41) is 13.4. The van der Waals surface area contributed by atoms with Crippen LogP contribution in [0.1, 0.15) is 15.9 Å². The highest BCUT2D eigenvalue weighted by atomic mass is 35.5. The fourth-order valence-electron chi connectivity index (χ4n) is 1.44. The SMILES string of the molecule is O=C(NN=Cc1cc(Cl)c(O)c(Cl)c1)c1cccnc1Cl. The fraction of sp³-hybridized carbons (Fsp3) is 0. The molecule has 0 fully saturated rings.